The van der Waals surface area contributed by atoms with E-state index in [4.69, 9.17) is 5.73 Å². The minimum Gasteiger partial charge on any atom is -0.348 e. The zero-order valence-electron chi connectivity index (χ0n) is 9.45. The Bertz CT molecular complexity index is 343. The lowest BCUT2D eigenvalue weighted by molar-refractivity contribution is -0.129. The Balaban J connectivity index is 2.52. The third-order valence-electron chi connectivity index (χ3n) is 2.45. The van der Waals surface area contributed by atoms with Gasteiger partial charge in [-0.1, -0.05) is 0 Å². The molecule has 5 heteroatoms. The summed E-state index contributed by atoms with van der Waals surface area (Å²) in [6, 6.07) is 0. The van der Waals surface area contributed by atoms with Crippen molar-refractivity contribution in [1.29, 1.82) is 0 Å². The largest absolute Gasteiger partial charge is 0.348 e. The van der Waals surface area contributed by atoms with Gasteiger partial charge in [0, 0.05) is 26.0 Å². The molecule has 0 aliphatic carbocycles. The number of amides is 1. The van der Waals surface area contributed by atoms with Crippen LogP contribution in [0.5, 0.6) is 0 Å². The molecule has 1 rings (SSSR count). The molecule has 0 saturated heterocycles. The predicted molar refractivity (Wildman–Crippen MR) is 57.9 cm³/mol. The number of nitrogens with one attached hydrogen (secondary N) is 1. The van der Waals surface area contributed by atoms with E-state index in [1.54, 1.807) is 6.20 Å². The average molecular weight is 210 g/mol. The van der Waals surface area contributed by atoms with Gasteiger partial charge in [-0.15, -0.1) is 0 Å². The number of imidazole rings is 1. The minimum absolute atomic E-state index is 0.0481. The molecule has 0 atom stereocenters. The molecule has 3 N–H and O–H groups in total. The van der Waals surface area contributed by atoms with Crippen LogP contribution in [0.2, 0.25) is 0 Å². The summed E-state index contributed by atoms with van der Waals surface area (Å²) in [5.41, 5.74) is 4.98. The zero-order valence-corrected chi connectivity index (χ0v) is 9.45. The summed E-state index contributed by atoms with van der Waals surface area (Å²) in [4.78, 5) is 15.8. The molecular formula is C10H18N4O. The Morgan fingerprint density at radius 1 is 1.67 bits per heavy atom. The van der Waals surface area contributed by atoms with Gasteiger partial charge in [0.1, 0.15) is 5.82 Å². The third kappa shape index (κ3) is 2.79. The molecule has 1 amide bonds. The summed E-state index contributed by atoms with van der Waals surface area (Å²) in [6.45, 7) is 4.41. The highest BCUT2D eigenvalue weighted by atomic mass is 16.2. The van der Waals surface area contributed by atoms with Crippen molar-refractivity contribution in [2.24, 2.45) is 18.2 Å². The smallest absolute Gasteiger partial charge is 0.227 e. The van der Waals surface area contributed by atoms with Gasteiger partial charge in [0.2, 0.25) is 5.91 Å². The van der Waals surface area contributed by atoms with Crippen molar-refractivity contribution in [3.63, 3.8) is 0 Å². The SMILES string of the molecule is Cn1ccnc1CNC(=O)C(C)(C)CN. The maximum atomic E-state index is 11.7. The number of aromatic nitrogens is 2. The Morgan fingerprint density at radius 3 is 2.80 bits per heavy atom. The first kappa shape index (κ1) is 11.7. The minimum atomic E-state index is -0.523. The lowest BCUT2D eigenvalue weighted by Crippen LogP contribution is -2.41. The van der Waals surface area contributed by atoms with Gasteiger partial charge in [0.05, 0.1) is 12.0 Å². The molecule has 5 nitrogen and oxygen atoms in total. The fourth-order valence-electron chi connectivity index (χ4n) is 1.06. The number of carbonyl (C=O) groups is 1. The van der Waals surface area contributed by atoms with E-state index in [1.807, 2.05) is 31.7 Å². The zero-order chi connectivity index (χ0) is 11.5. The molecule has 1 heterocycles. The van der Waals surface area contributed by atoms with E-state index in [9.17, 15) is 4.79 Å². The summed E-state index contributed by atoms with van der Waals surface area (Å²) in [6.07, 6.45) is 3.55. The lowest BCUT2D eigenvalue weighted by atomic mass is 9.93. The molecule has 0 bridgehead atoms. The Hall–Kier alpha value is -1.36. The molecule has 0 aliphatic heterocycles. The molecule has 0 fully saturated rings. The fraction of sp³-hybridized carbons (Fsp3) is 0.600. The molecule has 0 aliphatic rings. The fourth-order valence-corrected chi connectivity index (χ4v) is 1.06. The van der Waals surface area contributed by atoms with Crippen LogP contribution >= 0.6 is 0 Å². The second-order valence-electron chi connectivity index (χ2n) is 4.23. The van der Waals surface area contributed by atoms with Crippen molar-refractivity contribution < 1.29 is 4.79 Å². The molecule has 0 unspecified atom stereocenters. The number of nitrogens with zero attached hydrogens (tertiary/aromatic N) is 2. The first-order chi connectivity index (χ1) is 6.97. The Kier molecular flexibility index (Phi) is 3.47. The molecule has 15 heavy (non-hydrogen) atoms. The van der Waals surface area contributed by atoms with Crippen molar-refractivity contribution in [3.8, 4) is 0 Å². The summed E-state index contributed by atoms with van der Waals surface area (Å²) in [5.74, 6) is 0.782. The normalized spacial score (nSPS) is 11.5. The van der Waals surface area contributed by atoms with Crippen LogP contribution in [0, 0.1) is 5.41 Å². The van der Waals surface area contributed by atoms with Crippen LogP contribution in [-0.4, -0.2) is 22.0 Å². The van der Waals surface area contributed by atoms with Crippen LogP contribution in [0.4, 0.5) is 0 Å². The van der Waals surface area contributed by atoms with Crippen LogP contribution in [0.3, 0.4) is 0 Å². The van der Waals surface area contributed by atoms with E-state index in [-0.39, 0.29) is 5.91 Å². The first-order valence-electron chi connectivity index (χ1n) is 4.92. The number of hydrogen-bond donors (Lipinski definition) is 2. The predicted octanol–water partition coefficient (Wildman–Crippen LogP) is 0.0212. The quantitative estimate of drug-likeness (QED) is 0.736. The van der Waals surface area contributed by atoms with Crippen LogP contribution < -0.4 is 11.1 Å². The van der Waals surface area contributed by atoms with Gasteiger partial charge in [-0.2, -0.15) is 0 Å². The van der Waals surface area contributed by atoms with Gasteiger partial charge in [-0.05, 0) is 13.8 Å². The van der Waals surface area contributed by atoms with Crippen LogP contribution in [0.1, 0.15) is 19.7 Å². The van der Waals surface area contributed by atoms with Crippen LogP contribution in [0.15, 0.2) is 12.4 Å². The molecule has 1 aromatic rings. The van der Waals surface area contributed by atoms with Gasteiger partial charge < -0.3 is 15.6 Å². The van der Waals surface area contributed by atoms with E-state index >= 15 is 0 Å². The van der Waals surface area contributed by atoms with E-state index in [0.717, 1.165) is 5.82 Å². The maximum absolute atomic E-state index is 11.7. The highest BCUT2D eigenvalue weighted by molar-refractivity contribution is 5.81. The monoisotopic (exact) mass is 210 g/mol. The van der Waals surface area contributed by atoms with Gasteiger partial charge >= 0.3 is 0 Å². The van der Waals surface area contributed by atoms with E-state index in [1.165, 1.54) is 0 Å². The molecule has 0 radical (unpaired) electrons. The van der Waals surface area contributed by atoms with E-state index in [0.29, 0.717) is 13.1 Å². The van der Waals surface area contributed by atoms with Gasteiger partial charge in [0.25, 0.3) is 0 Å². The van der Waals surface area contributed by atoms with Crippen molar-refractivity contribution in [2.75, 3.05) is 6.54 Å². The highest BCUT2D eigenvalue weighted by Gasteiger charge is 2.25. The summed E-state index contributed by atoms with van der Waals surface area (Å²) in [5, 5.41) is 2.81. The summed E-state index contributed by atoms with van der Waals surface area (Å²) >= 11 is 0. The third-order valence-corrected chi connectivity index (χ3v) is 2.45. The van der Waals surface area contributed by atoms with Gasteiger partial charge in [-0.25, -0.2) is 4.98 Å². The standard InChI is InChI=1S/C10H18N4O/c1-10(2,7-11)9(15)13-6-8-12-4-5-14(8)3/h4-5H,6-7,11H2,1-3H3,(H,13,15). The molecule has 0 saturated carbocycles. The van der Waals surface area contributed by atoms with Gasteiger partial charge in [0.15, 0.2) is 0 Å². The number of carbonyl (C=O) groups excluding carboxylic acids is 1. The maximum Gasteiger partial charge on any atom is 0.227 e. The second-order valence-corrected chi connectivity index (χ2v) is 4.23. The lowest BCUT2D eigenvalue weighted by Gasteiger charge is -2.20. The van der Waals surface area contributed by atoms with Gasteiger partial charge in [-0.3, -0.25) is 4.79 Å². The Labute approximate surface area is 89.7 Å². The molecule has 0 aromatic carbocycles. The molecule has 0 spiro atoms. The van der Waals surface area contributed by atoms with Crippen molar-refractivity contribution >= 4 is 5.91 Å². The van der Waals surface area contributed by atoms with E-state index < -0.39 is 5.41 Å². The van der Waals surface area contributed by atoms with Crippen LogP contribution in [-0.2, 0) is 18.4 Å². The van der Waals surface area contributed by atoms with Crippen LogP contribution in [0.25, 0.3) is 0 Å². The average Bonchev–Trinajstić information content (AvgIpc) is 2.60. The number of rotatable bonds is 4. The first-order valence-corrected chi connectivity index (χ1v) is 4.92. The summed E-state index contributed by atoms with van der Waals surface area (Å²) in [7, 11) is 1.89. The van der Waals surface area contributed by atoms with E-state index in [2.05, 4.69) is 10.3 Å². The van der Waals surface area contributed by atoms with Crippen molar-refractivity contribution in [1.82, 2.24) is 14.9 Å². The number of hydrogen-bond acceptors (Lipinski definition) is 3. The Morgan fingerprint density at radius 2 is 2.33 bits per heavy atom. The molecule has 84 valence electrons. The van der Waals surface area contributed by atoms with Crippen molar-refractivity contribution in [2.45, 2.75) is 20.4 Å². The molecular weight excluding hydrogens is 192 g/mol. The van der Waals surface area contributed by atoms with Crippen molar-refractivity contribution in [3.05, 3.63) is 18.2 Å². The highest BCUT2D eigenvalue weighted by Crippen LogP contribution is 2.12. The number of aryl methyl sites for hydroxylation is 1. The second kappa shape index (κ2) is 4.44. The number of nitrogens with two attached hydrogens (primary N) is 1. The summed E-state index contributed by atoms with van der Waals surface area (Å²) < 4.78 is 1.87. The molecule has 1 aromatic heterocycles. The topological polar surface area (TPSA) is 72.9 Å².